The lowest BCUT2D eigenvalue weighted by Gasteiger charge is -2.15. The van der Waals surface area contributed by atoms with Crippen LogP contribution in [0.4, 0.5) is 0 Å². The molecule has 2 nitrogen and oxygen atoms in total. The van der Waals surface area contributed by atoms with E-state index in [1.165, 1.54) is 5.56 Å². The van der Waals surface area contributed by atoms with Gasteiger partial charge >= 0.3 is 5.97 Å². The maximum Gasteiger partial charge on any atom is 0.328 e. The van der Waals surface area contributed by atoms with E-state index >= 15 is 0 Å². The van der Waals surface area contributed by atoms with Crippen molar-refractivity contribution in [3.8, 4) is 0 Å². The van der Waals surface area contributed by atoms with Gasteiger partial charge in [0.25, 0.3) is 0 Å². The Morgan fingerprint density at radius 3 is 2.25 bits per heavy atom. The lowest BCUT2D eigenvalue weighted by molar-refractivity contribution is -0.142. The second-order valence-electron chi connectivity index (χ2n) is 3.93. The Labute approximate surface area is 102 Å². The topological polar surface area (TPSA) is 26.3 Å². The molecule has 1 aromatic rings. The van der Waals surface area contributed by atoms with Crippen LogP contribution >= 0.6 is 11.6 Å². The van der Waals surface area contributed by atoms with Crippen LogP contribution in [-0.4, -0.2) is 12.6 Å². The molecule has 0 fully saturated rings. The van der Waals surface area contributed by atoms with Gasteiger partial charge in [0.2, 0.25) is 0 Å². The van der Waals surface area contributed by atoms with Crippen molar-refractivity contribution in [3.63, 3.8) is 0 Å². The van der Waals surface area contributed by atoms with E-state index in [0.29, 0.717) is 6.61 Å². The number of hydrogen-bond acceptors (Lipinski definition) is 2. The summed E-state index contributed by atoms with van der Waals surface area (Å²) in [5, 5.41) is -0.708. The van der Waals surface area contributed by atoms with Gasteiger partial charge in [-0.05, 0) is 44.4 Å². The minimum Gasteiger partial charge on any atom is -0.465 e. The maximum absolute atomic E-state index is 11.6. The zero-order valence-electron chi connectivity index (χ0n) is 10.1. The molecule has 1 aromatic carbocycles. The van der Waals surface area contributed by atoms with E-state index in [2.05, 4.69) is 0 Å². The molecule has 0 radical (unpaired) electrons. The van der Waals surface area contributed by atoms with Gasteiger partial charge in [-0.3, -0.25) is 4.79 Å². The standard InChI is InChI=1S/C13H17ClO2/c1-5-16-13(15)12(14)11-9(3)6-8(2)7-10(11)4/h6-7,12H,5H2,1-4H3. The third kappa shape index (κ3) is 2.76. The van der Waals surface area contributed by atoms with Gasteiger partial charge in [0.1, 0.15) is 0 Å². The summed E-state index contributed by atoms with van der Waals surface area (Å²) >= 11 is 6.12. The van der Waals surface area contributed by atoms with Crippen molar-refractivity contribution < 1.29 is 9.53 Å². The molecule has 0 bridgehead atoms. The van der Waals surface area contributed by atoms with Gasteiger partial charge in [0.05, 0.1) is 6.61 Å². The predicted octanol–water partition coefficient (Wildman–Crippen LogP) is 3.45. The molecule has 0 aliphatic carbocycles. The Hall–Kier alpha value is -1.02. The van der Waals surface area contributed by atoms with E-state index in [1.807, 2.05) is 32.9 Å². The number of halogens is 1. The fourth-order valence-corrected chi connectivity index (χ4v) is 2.33. The Morgan fingerprint density at radius 1 is 1.31 bits per heavy atom. The summed E-state index contributed by atoms with van der Waals surface area (Å²) in [7, 11) is 0. The molecule has 1 unspecified atom stereocenters. The van der Waals surface area contributed by atoms with Crippen molar-refractivity contribution in [1.82, 2.24) is 0 Å². The molecule has 0 heterocycles. The molecule has 0 N–H and O–H groups in total. The molecule has 3 heteroatoms. The second kappa shape index (κ2) is 5.35. The highest BCUT2D eigenvalue weighted by atomic mass is 35.5. The van der Waals surface area contributed by atoms with Crippen LogP contribution in [0.25, 0.3) is 0 Å². The van der Waals surface area contributed by atoms with E-state index in [-0.39, 0.29) is 5.97 Å². The van der Waals surface area contributed by atoms with Crippen molar-refractivity contribution in [2.24, 2.45) is 0 Å². The molecule has 1 atom stereocenters. The normalized spacial score (nSPS) is 12.3. The number of rotatable bonds is 3. The smallest absolute Gasteiger partial charge is 0.328 e. The molecule has 0 aliphatic rings. The lowest BCUT2D eigenvalue weighted by Crippen LogP contribution is -2.13. The van der Waals surface area contributed by atoms with Crippen LogP contribution in [0.3, 0.4) is 0 Å². The van der Waals surface area contributed by atoms with E-state index in [0.717, 1.165) is 16.7 Å². The summed E-state index contributed by atoms with van der Waals surface area (Å²) in [6.07, 6.45) is 0. The first kappa shape index (κ1) is 13.0. The molecule has 0 amide bonds. The van der Waals surface area contributed by atoms with E-state index in [1.54, 1.807) is 6.92 Å². The zero-order valence-corrected chi connectivity index (χ0v) is 10.9. The molecule has 1 rings (SSSR count). The molecule has 0 aliphatic heterocycles. The SMILES string of the molecule is CCOC(=O)C(Cl)c1c(C)cc(C)cc1C. The highest BCUT2D eigenvalue weighted by molar-refractivity contribution is 6.30. The molecule has 0 aromatic heterocycles. The van der Waals surface area contributed by atoms with Crippen molar-refractivity contribution in [2.45, 2.75) is 33.1 Å². The van der Waals surface area contributed by atoms with Gasteiger partial charge in [-0.25, -0.2) is 0 Å². The minimum atomic E-state index is -0.708. The number of esters is 1. The average Bonchev–Trinajstić information content (AvgIpc) is 2.16. The van der Waals surface area contributed by atoms with Gasteiger partial charge in [0.15, 0.2) is 5.38 Å². The van der Waals surface area contributed by atoms with Gasteiger partial charge in [-0.2, -0.15) is 0 Å². The Morgan fingerprint density at radius 2 is 1.81 bits per heavy atom. The van der Waals surface area contributed by atoms with Gasteiger partial charge in [-0.1, -0.05) is 17.7 Å². The third-order valence-electron chi connectivity index (χ3n) is 2.49. The number of carbonyl (C=O) groups excluding carboxylic acids is 1. The number of aryl methyl sites for hydroxylation is 3. The number of hydrogen-bond donors (Lipinski definition) is 0. The fourth-order valence-electron chi connectivity index (χ4n) is 1.92. The lowest BCUT2D eigenvalue weighted by atomic mass is 9.97. The zero-order chi connectivity index (χ0) is 12.3. The van der Waals surface area contributed by atoms with E-state index in [4.69, 9.17) is 16.3 Å². The first-order chi connectivity index (χ1) is 7.47. The first-order valence-electron chi connectivity index (χ1n) is 5.35. The van der Waals surface area contributed by atoms with Crippen molar-refractivity contribution in [3.05, 3.63) is 34.4 Å². The molecule has 88 valence electrons. The summed E-state index contributed by atoms with van der Waals surface area (Å²) < 4.78 is 4.93. The molecule has 0 spiro atoms. The number of alkyl halides is 1. The molecule has 16 heavy (non-hydrogen) atoms. The maximum atomic E-state index is 11.6. The van der Waals surface area contributed by atoms with Crippen LogP contribution in [0, 0.1) is 20.8 Å². The molecular formula is C13H17ClO2. The van der Waals surface area contributed by atoms with E-state index < -0.39 is 5.38 Å². The molecular weight excluding hydrogens is 224 g/mol. The summed E-state index contributed by atoms with van der Waals surface area (Å²) in [4.78, 5) is 11.6. The van der Waals surface area contributed by atoms with E-state index in [9.17, 15) is 4.79 Å². The number of ether oxygens (including phenoxy) is 1. The minimum absolute atomic E-state index is 0.353. The molecule has 0 saturated carbocycles. The van der Waals surface area contributed by atoms with Crippen molar-refractivity contribution >= 4 is 17.6 Å². The van der Waals surface area contributed by atoms with Crippen LogP contribution in [0.1, 0.15) is 34.6 Å². The van der Waals surface area contributed by atoms with Crippen molar-refractivity contribution in [2.75, 3.05) is 6.61 Å². The monoisotopic (exact) mass is 240 g/mol. The van der Waals surface area contributed by atoms with Crippen LogP contribution < -0.4 is 0 Å². The van der Waals surface area contributed by atoms with Gasteiger partial charge in [-0.15, -0.1) is 11.6 Å². The number of benzene rings is 1. The largest absolute Gasteiger partial charge is 0.465 e. The third-order valence-corrected chi connectivity index (χ3v) is 2.88. The Bertz CT molecular complexity index is 376. The van der Waals surface area contributed by atoms with Gasteiger partial charge < -0.3 is 4.74 Å². The first-order valence-corrected chi connectivity index (χ1v) is 5.79. The summed E-state index contributed by atoms with van der Waals surface area (Å²) in [5.41, 5.74) is 4.10. The molecule has 0 saturated heterocycles. The highest BCUT2D eigenvalue weighted by Gasteiger charge is 2.22. The van der Waals surface area contributed by atoms with Crippen LogP contribution in [0.5, 0.6) is 0 Å². The summed E-state index contributed by atoms with van der Waals surface area (Å²) in [6.45, 7) is 8.08. The summed E-state index contributed by atoms with van der Waals surface area (Å²) in [6, 6.07) is 4.05. The quantitative estimate of drug-likeness (QED) is 0.598. The fraction of sp³-hybridized carbons (Fsp3) is 0.462. The highest BCUT2D eigenvalue weighted by Crippen LogP contribution is 2.29. The van der Waals surface area contributed by atoms with Crippen LogP contribution in [-0.2, 0) is 9.53 Å². The predicted molar refractivity (Wildman–Crippen MR) is 65.9 cm³/mol. The second-order valence-corrected chi connectivity index (χ2v) is 4.36. The Balaban J connectivity index is 3.08. The van der Waals surface area contributed by atoms with Crippen LogP contribution in [0.15, 0.2) is 12.1 Å². The van der Waals surface area contributed by atoms with Gasteiger partial charge in [0, 0.05) is 0 Å². The Kier molecular flexibility index (Phi) is 4.36. The summed E-state index contributed by atoms with van der Waals surface area (Å²) in [5.74, 6) is -0.376. The number of carbonyl (C=O) groups is 1. The van der Waals surface area contributed by atoms with Crippen LogP contribution in [0.2, 0.25) is 0 Å². The average molecular weight is 241 g/mol. The van der Waals surface area contributed by atoms with Crippen molar-refractivity contribution in [1.29, 1.82) is 0 Å².